The first-order valence-corrected chi connectivity index (χ1v) is 27.8. The van der Waals surface area contributed by atoms with Crippen molar-refractivity contribution in [3.8, 4) is 10.4 Å². The Labute approximate surface area is 429 Å². The molecule has 6 aliphatic rings. The van der Waals surface area contributed by atoms with Gasteiger partial charge in [-0.25, -0.2) is 4.79 Å². The summed E-state index contributed by atoms with van der Waals surface area (Å²) in [5, 5.41) is 35.4. The summed E-state index contributed by atoms with van der Waals surface area (Å²) in [5.41, 5.74) is 0.870. The Kier molecular flexibility index (Phi) is 17.2. The fourth-order valence-electron chi connectivity index (χ4n) is 14.7. The van der Waals surface area contributed by atoms with Gasteiger partial charge in [0.1, 0.15) is 17.5 Å². The number of esters is 3. The monoisotopic (exact) mass is 1020 g/mol. The second kappa shape index (κ2) is 23.0. The molecule has 5 saturated carbocycles. The van der Waals surface area contributed by atoms with Crippen LogP contribution >= 0.6 is 11.3 Å². The van der Waals surface area contributed by atoms with Gasteiger partial charge in [-0.3, -0.25) is 24.0 Å². The number of hydrogen-bond donors (Lipinski definition) is 4. The van der Waals surface area contributed by atoms with Crippen LogP contribution in [0, 0.1) is 58.2 Å². The van der Waals surface area contributed by atoms with Crippen molar-refractivity contribution in [1.82, 2.24) is 10.2 Å². The predicted octanol–water partition coefficient (Wildman–Crippen LogP) is 8.24. The lowest BCUT2D eigenvalue weighted by Gasteiger charge is -2.63. The normalized spacial score (nSPS) is 33.0. The largest absolute Gasteiger partial charge is 0.480 e. The molecule has 15 nitrogen and oxygen atoms in total. The molecule has 2 heterocycles. The molecule has 396 valence electrons. The molecule has 16 heteroatoms. The first kappa shape index (κ1) is 53.9. The quantitative estimate of drug-likeness (QED) is 0.0871. The fraction of sp³-hybridized carbons (Fsp3) is 0.714. The van der Waals surface area contributed by atoms with E-state index < -0.39 is 54.8 Å². The molecule has 4 N–H and O–H groups in total. The fourth-order valence-corrected chi connectivity index (χ4v) is 15.7. The number of carboxylic acids is 1. The third-order valence-corrected chi connectivity index (χ3v) is 20.0. The summed E-state index contributed by atoms with van der Waals surface area (Å²) in [7, 11) is 2.08. The minimum Gasteiger partial charge on any atom is -0.480 e. The van der Waals surface area contributed by atoms with Crippen molar-refractivity contribution in [2.75, 3.05) is 38.4 Å². The average Bonchev–Trinajstić information content (AvgIpc) is 3.96. The maximum Gasteiger partial charge on any atom is 0.353 e. The third kappa shape index (κ3) is 11.6. The van der Waals surface area contributed by atoms with E-state index in [1.54, 1.807) is 0 Å². The van der Waals surface area contributed by atoms with E-state index in [0.29, 0.717) is 43.7 Å². The van der Waals surface area contributed by atoms with Gasteiger partial charge in [-0.15, -0.1) is 11.3 Å². The molecule has 1 aliphatic heterocycles. The van der Waals surface area contributed by atoms with Crippen molar-refractivity contribution in [3.05, 3.63) is 41.3 Å². The van der Waals surface area contributed by atoms with Gasteiger partial charge in [0.05, 0.1) is 30.7 Å². The highest BCUT2D eigenvalue weighted by molar-refractivity contribution is 7.18. The molecule has 2 aromatic rings. The highest BCUT2D eigenvalue weighted by Gasteiger charge is 2.66. The van der Waals surface area contributed by atoms with E-state index in [-0.39, 0.29) is 94.9 Å². The van der Waals surface area contributed by atoms with Gasteiger partial charge in [-0.05, 0) is 174 Å². The van der Waals surface area contributed by atoms with E-state index in [9.17, 15) is 39.0 Å². The van der Waals surface area contributed by atoms with E-state index in [2.05, 4.69) is 45.0 Å². The number of nitrogens with zero attached hydrogens (tertiary/aromatic N) is 2. The molecule has 1 aromatic carbocycles. The summed E-state index contributed by atoms with van der Waals surface area (Å²) in [6.07, 6.45) is 8.94. The SMILES string of the molecule is CC1CCC(C(=O)N(c2cc(-c3ccccc3)sc2C(=O)OCOC(=O)CCC(=O)O[C@@H]2CC[C@@]3(C)C(C2)C[C@@H](O)C2C3C[C@H](O)[C@@]3(C)C2CCC3[C@H](C)CCC(=O)NCC(=O)O)C2CCN(C)CC2)CC1. The van der Waals surface area contributed by atoms with Crippen molar-refractivity contribution in [2.24, 2.45) is 58.2 Å². The van der Waals surface area contributed by atoms with Crippen molar-refractivity contribution in [1.29, 1.82) is 0 Å². The molecular formula is C56H79N3O12S. The second-order valence-corrected chi connectivity index (χ2v) is 24.2. The van der Waals surface area contributed by atoms with Crippen LogP contribution in [0.3, 0.4) is 0 Å². The van der Waals surface area contributed by atoms with Gasteiger partial charge in [0.15, 0.2) is 0 Å². The number of aliphatic hydroxyl groups excluding tert-OH is 2. The zero-order valence-corrected chi connectivity index (χ0v) is 43.9. The van der Waals surface area contributed by atoms with Crippen LogP contribution in [-0.2, 0) is 38.2 Å². The lowest BCUT2D eigenvalue weighted by atomic mass is 9.43. The van der Waals surface area contributed by atoms with Crippen molar-refractivity contribution in [2.45, 2.75) is 161 Å². The number of nitrogens with one attached hydrogen (secondary N) is 1. The van der Waals surface area contributed by atoms with Crippen LogP contribution < -0.4 is 10.2 Å². The number of carbonyl (C=O) groups excluding carboxylic acids is 5. The molecule has 0 radical (unpaired) electrons. The van der Waals surface area contributed by atoms with Crippen molar-refractivity contribution < 1.29 is 58.3 Å². The maximum atomic E-state index is 14.6. The van der Waals surface area contributed by atoms with Crippen molar-refractivity contribution >= 4 is 52.7 Å². The Morgan fingerprint density at radius 2 is 1.57 bits per heavy atom. The number of fused-ring (bicyclic) bond motifs is 5. The van der Waals surface area contributed by atoms with Crippen LogP contribution in [0.1, 0.15) is 147 Å². The summed E-state index contributed by atoms with van der Waals surface area (Å²) < 4.78 is 16.9. The highest BCUT2D eigenvalue weighted by atomic mass is 32.1. The summed E-state index contributed by atoms with van der Waals surface area (Å²) >= 11 is 1.26. The molecule has 5 unspecified atom stereocenters. The van der Waals surface area contributed by atoms with E-state index in [1.165, 1.54) is 11.3 Å². The number of hydrogen-bond acceptors (Lipinski definition) is 13. The van der Waals surface area contributed by atoms with Gasteiger partial charge in [0.2, 0.25) is 18.6 Å². The number of piperidine rings is 1. The summed E-state index contributed by atoms with van der Waals surface area (Å²) in [4.78, 5) is 83.3. The molecule has 5 aliphatic carbocycles. The number of thiophene rings is 1. The van der Waals surface area contributed by atoms with E-state index in [0.717, 1.165) is 81.3 Å². The third-order valence-electron chi connectivity index (χ3n) is 18.9. The van der Waals surface area contributed by atoms with Gasteiger partial charge in [-0.2, -0.15) is 0 Å². The summed E-state index contributed by atoms with van der Waals surface area (Å²) in [6.45, 7) is 9.42. The number of likely N-dealkylation sites (tertiary alicyclic amines) is 1. The molecule has 1 saturated heterocycles. The van der Waals surface area contributed by atoms with E-state index in [4.69, 9.17) is 19.3 Å². The average molecular weight is 1020 g/mol. The van der Waals surface area contributed by atoms with Crippen LogP contribution in [0.25, 0.3) is 10.4 Å². The number of carboxylic acid groups (broad SMARTS) is 1. The molecule has 2 amide bonds. The van der Waals surface area contributed by atoms with Gasteiger partial charge < -0.3 is 44.6 Å². The molecule has 0 spiro atoms. The molecular weight excluding hydrogens is 939 g/mol. The second-order valence-electron chi connectivity index (χ2n) is 23.1. The van der Waals surface area contributed by atoms with Crippen molar-refractivity contribution in [3.63, 3.8) is 0 Å². The maximum absolute atomic E-state index is 14.6. The first-order chi connectivity index (χ1) is 34.4. The Hall–Kier alpha value is -4.38. The molecule has 8 rings (SSSR count). The van der Waals surface area contributed by atoms with Crippen LogP contribution in [0.2, 0.25) is 0 Å². The molecule has 0 bridgehead atoms. The number of aliphatic carboxylic acids is 1. The number of benzene rings is 1. The lowest BCUT2D eigenvalue weighted by molar-refractivity contribution is -0.209. The molecule has 72 heavy (non-hydrogen) atoms. The zero-order valence-electron chi connectivity index (χ0n) is 43.1. The zero-order chi connectivity index (χ0) is 51.5. The standard InChI is InChI=1S/C56H79N3O12S/c1-33-11-14-36(15-12-33)53(67)59(38-22-25-58(5)26-23-38)43-30-45(35-9-7-6-8-10-35)72-52(43)54(68)70-32-69-49(65)19-20-50(66)71-39-21-24-55(3)37(27-39)28-44(60)51-41-17-16-40(56(41,4)46(61)29-42(51)55)34(2)13-18-47(62)57-31-48(63)64/h6-10,30,33-34,36-42,44,46,51,60-61H,11-29,31-32H2,1-5H3,(H,57,62)(H,63,64)/t33?,34-,36?,37?,39-,40?,41?,42?,44-,46+,51?,55+,56-/m1/s1. The number of amides is 2. The van der Waals surface area contributed by atoms with E-state index >= 15 is 0 Å². The van der Waals surface area contributed by atoms with Crippen LogP contribution in [-0.4, -0.2) is 114 Å². The minimum absolute atomic E-state index is 0.0255. The number of ether oxygens (including phenoxy) is 3. The van der Waals surface area contributed by atoms with Gasteiger partial charge >= 0.3 is 23.9 Å². The smallest absolute Gasteiger partial charge is 0.353 e. The Morgan fingerprint density at radius 1 is 0.861 bits per heavy atom. The minimum atomic E-state index is -1.08. The Morgan fingerprint density at radius 3 is 2.28 bits per heavy atom. The Balaban J connectivity index is 0.835. The topological polar surface area (TPSA) is 209 Å². The number of anilines is 1. The van der Waals surface area contributed by atoms with Crippen LogP contribution in [0.5, 0.6) is 0 Å². The highest BCUT2D eigenvalue weighted by Crippen LogP contribution is 2.68. The summed E-state index contributed by atoms with van der Waals surface area (Å²) in [5.74, 6) is -2.18. The van der Waals surface area contributed by atoms with Crippen LogP contribution in [0.15, 0.2) is 36.4 Å². The number of rotatable bonds is 17. The Bertz CT molecular complexity index is 2260. The number of carbonyl (C=O) groups is 6. The van der Waals surface area contributed by atoms with Crippen LogP contribution in [0.4, 0.5) is 5.69 Å². The first-order valence-electron chi connectivity index (χ1n) is 26.9. The van der Waals surface area contributed by atoms with E-state index in [1.807, 2.05) is 41.3 Å². The van der Waals surface area contributed by atoms with Gasteiger partial charge in [-0.1, -0.05) is 58.0 Å². The molecule has 1 aromatic heterocycles. The van der Waals surface area contributed by atoms with Gasteiger partial charge in [0, 0.05) is 23.3 Å². The molecule has 11 atom stereocenters. The lowest BCUT2D eigenvalue weighted by Crippen LogP contribution is -2.62. The van der Waals surface area contributed by atoms with Gasteiger partial charge in [0.25, 0.3) is 0 Å². The predicted molar refractivity (Wildman–Crippen MR) is 271 cm³/mol. The molecule has 6 fully saturated rings. The number of aliphatic hydroxyl groups is 2. The summed E-state index contributed by atoms with van der Waals surface area (Å²) in [6, 6.07) is 11.6.